The Bertz CT molecular complexity index is 388. The zero-order valence-electron chi connectivity index (χ0n) is 8.46. The van der Waals surface area contributed by atoms with Crippen molar-refractivity contribution in [1.29, 1.82) is 0 Å². The highest BCUT2D eigenvalue weighted by Crippen LogP contribution is 2.22. The van der Waals surface area contributed by atoms with E-state index in [2.05, 4.69) is 4.98 Å². The second-order valence-corrected chi connectivity index (χ2v) is 3.73. The molecular formula is C8H13N5O2. The van der Waals surface area contributed by atoms with E-state index in [1.54, 1.807) is 7.05 Å². The summed E-state index contributed by atoms with van der Waals surface area (Å²) in [6, 6.07) is 0.140. The van der Waals surface area contributed by atoms with Crippen molar-refractivity contribution in [3.63, 3.8) is 0 Å². The monoisotopic (exact) mass is 211 g/mol. The molecule has 0 aliphatic carbocycles. The number of aromatic nitrogens is 2. The van der Waals surface area contributed by atoms with Crippen molar-refractivity contribution in [2.24, 2.45) is 12.8 Å². The predicted octanol–water partition coefficient (Wildman–Crippen LogP) is -0.134. The van der Waals surface area contributed by atoms with Gasteiger partial charge in [0.1, 0.15) is 6.20 Å². The molecule has 15 heavy (non-hydrogen) atoms. The van der Waals surface area contributed by atoms with Crippen LogP contribution in [0, 0.1) is 10.1 Å². The smallest absolute Gasteiger partial charge is 0.344 e. The molecule has 1 fully saturated rings. The van der Waals surface area contributed by atoms with Gasteiger partial charge < -0.3 is 20.7 Å². The van der Waals surface area contributed by atoms with Gasteiger partial charge >= 0.3 is 5.82 Å². The fraction of sp³-hybridized carbons (Fsp3) is 0.625. The largest absolute Gasteiger partial charge is 0.358 e. The van der Waals surface area contributed by atoms with Gasteiger partial charge in [0.15, 0.2) is 0 Å². The number of imidazole rings is 1. The van der Waals surface area contributed by atoms with Crippen molar-refractivity contribution < 1.29 is 4.92 Å². The van der Waals surface area contributed by atoms with Crippen LogP contribution in [0.3, 0.4) is 0 Å². The first kappa shape index (κ1) is 9.91. The Labute approximate surface area is 86.6 Å². The van der Waals surface area contributed by atoms with Crippen LogP contribution in [0.5, 0.6) is 0 Å². The number of nitrogens with two attached hydrogens (primary N) is 1. The van der Waals surface area contributed by atoms with E-state index in [0.717, 1.165) is 13.0 Å². The van der Waals surface area contributed by atoms with Crippen molar-refractivity contribution in [2.75, 3.05) is 18.0 Å². The van der Waals surface area contributed by atoms with Crippen LogP contribution in [0.4, 0.5) is 11.8 Å². The van der Waals surface area contributed by atoms with Crippen molar-refractivity contribution in [3.8, 4) is 0 Å². The Morgan fingerprint density at radius 1 is 1.73 bits per heavy atom. The zero-order chi connectivity index (χ0) is 11.0. The molecule has 0 bridgehead atoms. The van der Waals surface area contributed by atoms with E-state index in [-0.39, 0.29) is 11.9 Å². The second kappa shape index (κ2) is 3.50. The van der Waals surface area contributed by atoms with Gasteiger partial charge in [-0.05, 0) is 11.3 Å². The summed E-state index contributed by atoms with van der Waals surface area (Å²) < 4.78 is 1.48. The van der Waals surface area contributed by atoms with Crippen LogP contribution in [0.1, 0.15) is 6.42 Å². The van der Waals surface area contributed by atoms with E-state index >= 15 is 0 Å². The van der Waals surface area contributed by atoms with Crippen LogP contribution < -0.4 is 10.6 Å². The summed E-state index contributed by atoms with van der Waals surface area (Å²) in [5.41, 5.74) is 5.77. The van der Waals surface area contributed by atoms with Gasteiger partial charge in [-0.15, -0.1) is 0 Å². The molecule has 1 atom stereocenters. The molecule has 1 saturated heterocycles. The van der Waals surface area contributed by atoms with E-state index in [1.165, 1.54) is 10.8 Å². The normalized spacial score (nSPS) is 20.9. The first-order valence-corrected chi connectivity index (χ1v) is 4.76. The van der Waals surface area contributed by atoms with Crippen LogP contribution in [0.2, 0.25) is 0 Å². The molecule has 1 aliphatic rings. The molecule has 0 spiro atoms. The number of nitrogens with zero attached hydrogens (tertiary/aromatic N) is 4. The number of hydrogen-bond acceptors (Lipinski definition) is 5. The van der Waals surface area contributed by atoms with Crippen LogP contribution in [0.15, 0.2) is 6.20 Å². The molecule has 1 aliphatic heterocycles. The van der Waals surface area contributed by atoms with Crippen LogP contribution in [0.25, 0.3) is 0 Å². The van der Waals surface area contributed by atoms with Crippen molar-refractivity contribution >= 4 is 11.8 Å². The Hall–Kier alpha value is -1.63. The summed E-state index contributed by atoms with van der Waals surface area (Å²) >= 11 is 0. The van der Waals surface area contributed by atoms with Crippen LogP contribution in [-0.4, -0.2) is 33.6 Å². The molecule has 1 unspecified atom stereocenters. The summed E-state index contributed by atoms with van der Waals surface area (Å²) in [6.07, 6.45) is 2.18. The number of rotatable bonds is 2. The van der Waals surface area contributed by atoms with Crippen LogP contribution in [-0.2, 0) is 7.05 Å². The Balaban J connectivity index is 2.26. The lowest BCUT2D eigenvalue weighted by molar-refractivity contribution is -0.391. The third-order valence-electron chi connectivity index (χ3n) is 2.63. The highest BCUT2D eigenvalue weighted by atomic mass is 16.6. The van der Waals surface area contributed by atoms with Gasteiger partial charge in [-0.25, -0.2) is 0 Å². The topological polar surface area (TPSA) is 90.2 Å². The van der Waals surface area contributed by atoms with E-state index < -0.39 is 4.92 Å². The summed E-state index contributed by atoms with van der Waals surface area (Å²) in [5, 5.41) is 10.6. The molecule has 2 rings (SSSR count). The molecule has 0 saturated carbocycles. The van der Waals surface area contributed by atoms with Crippen molar-refractivity contribution in [2.45, 2.75) is 12.5 Å². The molecule has 82 valence electrons. The van der Waals surface area contributed by atoms with Crippen LogP contribution >= 0.6 is 0 Å². The van der Waals surface area contributed by atoms with Crippen molar-refractivity contribution in [1.82, 2.24) is 9.55 Å². The molecule has 2 heterocycles. The molecule has 0 amide bonds. The third-order valence-corrected chi connectivity index (χ3v) is 2.63. The van der Waals surface area contributed by atoms with Gasteiger partial charge in [-0.2, -0.15) is 9.55 Å². The SMILES string of the molecule is Cn1c([N+](=O)[O-])cnc1N1CCC(N)C1. The summed E-state index contributed by atoms with van der Waals surface area (Å²) in [5.74, 6) is 0.625. The van der Waals surface area contributed by atoms with Gasteiger partial charge in [0.2, 0.25) is 0 Å². The molecule has 1 aromatic heterocycles. The number of nitro groups is 1. The lowest BCUT2D eigenvalue weighted by Crippen LogP contribution is -2.28. The maximum absolute atomic E-state index is 10.6. The van der Waals surface area contributed by atoms with Gasteiger partial charge in [0, 0.05) is 19.1 Å². The van der Waals surface area contributed by atoms with Gasteiger partial charge in [0.05, 0.1) is 7.05 Å². The van der Waals surface area contributed by atoms with E-state index in [4.69, 9.17) is 5.73 Å². The Kier molecular flexibility index (Phi) is 2.31. The average Bonchev–Trinajstić information content (AvgIpc) is 2.71. The summed E-state index contributed by atoms with van der Waals surface area (Å²) in [4.78, 5) is 16.2. The Morgan fingerprint density at radius 3 is 2.93 bits per heavy atom. The molecular weight excluding hydrogens is 198 g/mol. The fourth-order valence-corrected chi connectivity index (χ4v) is 1.82. The fourth-order valence-electron chi connectivity index (χ4n) is 1.82. The zero-order valence-corrected chi connectivity index (χ0v) is 8.46. The quantitative estimate of drug-likeness (QED) is 0.543. The standard InChI is InChI=1S/C8H13N5O2/c1-11-7(13(14)15)4-10-8(11)12-3-2-6(9)5-12/h4,6H,2-3,5,9H2,1H3. The lowest BCUT2D eigenvalue weighted by atomic mass is 10.3. The summed E-state index contributed by atoms with van der Waals surface area (Å²) in [7, 11) is 1.64. The predicted molar refractivity (Wildman–Crippen MR) is 54.7 cm³/mol. The van der Waals surface area contributed by atoms with E-state index in [9.17, 15) is 10.1 Å². The number of hydrogen-bond donors (Lipinski definition) is 1. The van der Waals surface area contributed by atoms with Gasteiger partial charge in [0.25, 0.3) is 5.95 Å². The lowest BCUT2D eigenvalue weighted by Gasteiger charge is -2.12. The molecule has 1 aromatic rings. The summed E-state index contributed by atoms with van der Waals surface area (Å²) in [6.45, 7) is 1.52. The first-order valence-electron chi connectivity index (χ1n) is 4.76. The van der Waals surface area contributed by atoms with Gasteiger partial charge in [-0.3, -0.25) is 0 Å². The minimum absolute atomic E-state index is 0.00507. The molecule has 2 N–H and O–H groups in total. The number of anilines is 1. The second-order valence-electron chi connectivity index (χ2n) is 3.73. The van der Waals surface area contributed by atoms with E-state index in [0.29, 0.717) is 12.5 Å². The molecule has 7 nitrogen and oxygen atoms in total. The maximum Gasteiger partial charge on any atom is 0.344 e. The maximum atomic E-state index is 10.6. The molecule has 7 heteroatoms. The van der Waals surface area contributed by atoms with E-state index in [1.807, 2.05) is 4.90 Å². The average molecular weight is 211 g/mol. The highest BCUT2D eigenvalue weighted by molar-refractivity contribution is 5.39. The Morgan fingerprint density at radius 2 is 2.47 bits per heavy atom. The van der Waals surface area contributed by atoms with Crippen molar-refractivity contribution in [3.05, 3.63) is 16.3 Å². The first-order chi connectivity index (χ1) is 7.09. The third kappa shape index (κ3) is 1.65. The van der Waals surface area contributed by atoms with Gasteiger partial charge in [-0.1, -0.05) is 0 Å². The minimum atomic E-state index is -0.438. The molecule has 0 aromatic carbocycles. The molecule has 0 radical (unpaired) electrons. The minimum Gasteiger partial charge on any atom is -0.358 e. The highest BCUT2D eigenvalue weighted by Gasteiger charge is 2.27.